The number of carbonyl (C=O) groups excluding carboxylic acids is 1. The van der Waals surface area contributed by atoms with E-state index >= 15 is 0 Å². The minimum atomic E-state index is -0.172. The molecule has 5 nitrogen and oxygen atoms in total. The number of nitrogens with one attached hydrogen (secondary N) is 1. The fourth-order valence-corrected chi connectivity index (χ4v) is 2.92. The fourth-order valence-electron chi connectivity index (χ4n) is 2.10. The van der Waals surface area contributed by atoms with Gasteiger partial charge in [-0.2, -0.15) is 0 Å². The van der Waals surface area contributed by atoms with Crippen LogP contribution >= 0.6 is 11.8 Å². The van der Waals surface area contributed by atoms with Crippen molar-refractivity contribution in [3.05, 3.63) is 22.1 Å². The molecule has 0 spiro atoms. The SMILES string of the molecule is Cc1cc(=O)[nH]c(SCC(=O)N2CCC(C)CC2)n1. The molecule has 1 fully saturated rings. The molecule has 1 aromatic rings. The Hall–Kier alpha value is -1.30. The van der Waals surface area contributed by atoms with Crippen molar-refractivity contribution in [1.82, 2.24) is 14.9 Å². The number of aromatic amines is 1. The van der Waals surface area contributed by atoms with Gasteiger partial charge in [0.15, 0.2) is 5.16 Å². The maximum atomic E-state index is 12.0. The molecule has 0 aliphatic carbocycles. The average molecular weight is 281 g/mol. The summed E-state index contributed by atoms with van der Waals surface area (Å²) in [4.78, 5) is 32.1. The van der Waals surface area contributed by atoms with E-state index in [1.807, 2.05) is 4.90 Å². The predicted octanol–water partition coefficient (Wildman–Crippen LogP) is 1.43. The number of likely N-dealkylation sites (tertiary alicyclic amines) is 1. The average Bonchev–Trinajstić information content (AvgIpc) is 2.36. The van der Waals surface area contributed by atoms with Gasteiger partial charge in [0.05, 0.1) is 5.75 Å². The molecule has 6 heteroatoms. The van der Waals surface area contributed by atoms with Gasteiger partial charge in [-0.05, 0) is 25.7 Å². The van der Waals surface area contributed by atoms with Gasteiger partial charge in [-0.15, -0.1) is 0 Å². The minimum absolute atomic E-state index is 0.126. The number of thioether (sulfide) groups is 1. The quantitative estimate of drug-likeness (QED) is 0.672. The number of H-pyrrole nitrogens is 1. The zero-order valence-corrected chi connectivity index (χ0v) is 12.1. The van der Waals surface area contributed by atoms with E-state index in [2.05, 4.69) is 16.9 Å². The molecule has 1 aliphatic heterocycles. The van der Waals surface area contributed by atoms with Crippen molar-refractivity contribution >= 4 is 17.7 Å². The number of rotatable bonds is 3. The van der Waals surface area contributed by atoms with Gasteiger partial charge >= 0.3 is 0 Å². The Balaban J connectivity index is 1.88. The van der Waals surface area contributed by atoms with Gasteiger partial charge in [-0.25, -0.2) is 4.98 Å². The van der Waals surface area contributed by atoms with E-state index in [-0.39, 0.29) is 11.5 Å². The lowest BCUT2D eigenvalue weighted by Crippen LogP contribution is -2.38. The number of carbonyl (C=O) groups is 1. The lowest BCUT2D eigenvalue weighted by atomic mass is 9.99. The number of hydrogen-bond acceptors (Lipinski definition) is 4. The van der Waals surface area contributed by atoms with Crippen LogP contribution < -0.4 is 5.56 Å². The third-order valence-electron chi connectivity index (χ3n) is 3.32. The van der Waals surface area contributed by atoms with Gasteiger partial charge in [0, 0.05) is 24.8 Å². The largest absolute Gasteiger partial charge is 0.342 e. The molecule has 1 aromatic heterocycles. The number of piperidine rings is 1. The van der Waals surface area contributed by atoms with Crippen molar-refractivity contribution in [2.24, 2.45) is 5.92 Å². The molecule has 1 aliphatic rings. The van der Waals surface area contributed by atoms with Gasteiger partial charge in [0.2, 0.25) is 5.91 Å². The van der Waals surface area contributed by atoms with E-state index in [1.165, 1.54) is 17.8 Å². The molecule has 0 atom stereocenters. The Morgan fingerprint density at radius 3 is 2.84 bits per heavy atom. The second-order valence-corrected chi connectivity index (χ2v) is 6.01. The molecule has 0 unspecified atom stereocenters. The smallest absolute Gasteiger partial charge is 0.251 e. The topological polar surface area (TPSA) is 66.1 Å². The highest BCUT2D eigenvalue weighted by molar-refractivity contribution is 7.99. The Morgan fingerprint density at radius 2 is 2.21 bits per heavy atom. The predicted molar refractivity (Wildman–Crippen MR) is 75.3 cm³/mol. The molecule has 1 amide bonds. The highest BCUT2D eigenvalue weighted by Crippen LogP contribution is 2.18. The van der Waals surface area contributed by atoms with Crippen LogP contribution in [0.1, 0.15) is 25.5 Å². The Labute approximate surface area is 116 Å². The first kappa shape index (κ1) is 14.1. The lowest BCUT2D eigenvalue weighted by molar-refractivity contribution is -0.129. The highest BCUT2D eigenvalue weighted by atomic mass is 32.2. The van der Waals surface area contributed by atoms with Crippen LogP contribution in [0, 0.1) is 12.8 Å². The maximum Gasteiger partial charge on any atom is 0.251 e. The molecule has 104 valence electrons. The summed E-state index contributed by atoms with van der Waals surface area (Å²) in [5.74, 6) is 1.17. The minimum Gasteiger partial charge on any atom is -0.342 e. The Bertz CT molecular complexity index is 507. The molecule has 0 bridgehead atoms. The number of aryl methyl sites for hydroxylation is 1. The summed E-state index contributed by atoms with van der Waals surface area (Å²) in [5.41, 5.74) is 0.500. The first-order valence-corrected chi connectivity index (χ1v) is 7.51. The number of hydrogen-bond donors (Lipinski definition) is 1. The molecule has 2 rings (SSSR count). The summed E-state index contributed by atoms with van der Waals surface area (Å²) in [5, 5.41) is 0.517. The summed E-state index contributed by atoms with van der Waals surface area (Å²) >= 11 is 1.29. The van der Waals surface area contributed by atoms with Crippen LogP contribution in [-0.4, -0.2) is 39.6 Å². The maximum absolute atomic E-state index is 12.0. The molecule has 0 saturated carbocycles. The standard InChI is InChI=1S/C13H19N3O2S/c1-9-3-5-16(6-4-9)12(18)8-19-13-14-10(2)7-11(17)15-13/h7,9H,3-6,8H2,1-2H3,(H,14,15,17). The van der Waals surface area contributed by atoms with E-state index in [0.717, 1.165) is 25.9 Å². The fraction of sp³-hybridized carbons (Fsp3) is 0.615. The lowest BCUT2D eigenvalue weighted by Gasteiger charge is -2.30. The Morgan fingerprint density at radius 1 is 1.53 bits per heavy atom. The van der Waals surface area contributed by atoms with E-state index in [0.29, 0.717) is 22.5 Å². The highest BCUT2D eigenvalue weighted by Gasteiger charge is 2.20. The van der Waals surface area contributed by atoms with Crippen molar-refractivity contribution in [3.8, 4) is 0 Å². The number of nitrogens with zero attached hydrogens (tertiary/aromatic N) is 2. The van der Waals surface area contributed by atoms with Crippen LogP contribution in [0.5, 0.6) is 0 Å². The normalized spacial score (nSPS) is 16.6. The van der Waals surface area contributed by atoms with Crippen LogP contribution in [0.2, 0.25) is 0 Å². The van der Waals surface area contributed by atoms with Crippen molar-refractivity contribution in [2.45, 2.75) is 31.8 Å². The number of amides is 1. The van der Waals surface area contributed by atoms with E-state index in [1.54, 1.807) is 6.92 Å². The third-order valence-corrected chi connectivity index (χ3v) is 4.17. The van der Waals surface area contributed by atoms with Crippen LogP contribution in [0.3, 0.4) is 0 Å². The summed E-state index contributed by atoms with van der Waals surface area (Å²) in [6.07, 6.45) is 2.16. The van der Waals surface area contributed by atoms with Crippen molar-refractivity contribution in [1.29, 1.82) is 0 Å². The van der Waals surface area contributed by atoms with Crippen molar-refractivity contribution in [2.75, 3.05) is 18.8 Å². The van der Waals surface area contributed by atoms with Gasteiger partial charge in [-0.1, -0.05) is 18.7 Å². The van der Waals surface area contributed by atoms with Crippen LogP contribution in [0.4, 0.5) is 0 Å². The van der Waals surface area contributed by atoms with Gasteiger partial charge in [0.25, 0.3) is 5.56 Å². The molecule has 1 saturated heterocycles. The first-order chi connectivity index (χ1) is 9.04. The third kappa shape index (κ3) is 4.09. The van der Waals surface area contributed by atoms with Gasteiger partial charge in [-0.3, -0.25) is 9.59 Å². The van der Waals surface area contributed by atoms with Crippen LogP contribution in [0.15, 0.2) is 16.0 Å². The molecular formula is C13H19N3O2S. The van der Waals surface area contributed by atoms with Crippen LogP contribution in [-0.2, 0) is 4.79 Å². The van der Waals surface area contributed by atoms with E-state index in [4.69, 9.17) is 0 Å². The zero-order chi connectivity index (χ0) is 13.8. The molecule has 1 N–H and O–H groups in total. The molecule has 19 heavy (non-hydrogen) atoms. The van der Waals surface area contributed by atoms with Gasteiger partial charge in [0.1, 0.15) is 0 Å². The molecule has 0 radical (unpaired) electrons. The second kappa shape index (κ2) is 6.23. The molecule has 0 aromatic carbocycles. The summed E-state index contributed by atoms with van der Waals surface area (Å²) in [6.45, 7) is 5.68. The monoisotopic (exact) mass is 281 g/mol. The first-order valence-electron chi connectivity index (χ1n) is 6.53. The summed E-state index contributed by atoms with van der Waals surface area (Å²) in [7, 11) is 0. The van der Waals surface area contributed by atoms with E-state index < -0.39 is 0 Å². The van der Waals surface area contributed by atoms with Gasteiger partial charge < -0.3 is 9.88 Å². The van der Waals surface area contributed by atoms with E-state index in [9.17, 15) is 9.59 Å². The number of aromatic nitrogens is 2. The van der Waals surface area contributed by atoms with Crippen LogP contribution in [0.25, 0.3) is 0 Å². The zero-order valence-electron chi connectivity index (χ0n) is 11.3. The molecule has 2 heterocycles. The Kier molecular flexibility index (Phi) is 4.63. The second-order valence-electron chi connectivity index (χ2n) is 5.04. The van der Waals surface area contributed by atoms with Crippen molar-refractivity contribution in [3.63, 3.8) is 0 Å². The summed E-state index contributed by atoms with van der Waals surface area (Å²) < 4.78 is 0. The summed E-state index contributed by atoms with van der Waals surface area (Å²) in [6, 6.07) is 1.44. The van der Waals surface area contributed by atoms with Crippen molar-refractivity contribution < 1.29 is 4.79 Å². The molecular weight excluding hydrogens is 262 g/mol.